The van der Waals surface area contributed by atoms with Crippen LogP contribution >= 0.6 is 11.6 Å². The summed E-state index contributed by atoms with van der Waals surface area (Å²) in [4.78, 5) is 4.66. The first-order chi connectivity index (χ1) is 18.3. The number of aromatic nitrogens is 1. The van der Waals surface area contributed by atoms with Gasteiger partial charge in [0.15, 0.2) is 0 Å². The van der Waals surface area contributed by atoms with Crippen molar-refractivity contribution in [2.75, 3.05) is 6.26 Å². The molecule has 1 aliphatic rings. The minimum absolute atomic E-state index is 0.174. The van der Waals surface area contributed by atoms with Gasteiger partial charge in [-0.25, -0.2) is 18.1 Å². The van der Waals surface area contributed by atoms with Crippen molar-refractivity contribution in [3.05, 3.63) is 108 Å². The van der Waals surface area contributed by atoms with Crippen LogP contribution in [0.25, 0.3) is 11.1 Å². The van der Waals surface area contributed by atoms with Gasteiger partial charge in [-0.15, -0.1) is 11.6 Å². The summed E-state index contributed by atoms with van der Waals surface area (Å²) in [6.07, 6.45) is 5.52. The van der Waals surface area contributed by atoms with Crippen molar-refractivity contribution in [1.82, 2.24) is 9.71 Å². The molecule has 0 radical (unpaired) electrons. The monoisotopic (exact) mass is 550 g/mol. The third kappa shape index (κ3) is 6.29. The van der Waals surface area contributed by atoms with E-state index in [1.807, 2.05) is 42.5 Å². The molecule has 0 spiro atoms. The summed E-state index contributed by atoms with van der Waals surface area (Å²) in [5, 5.41) is 0. The second-order valence-electron chi connectivity index (χ2n) is 10.0. The molecule has 1 N–H and O–H groups in total. The molecule has 1 fully saturated rings. The zero-order valence-electron chi connectivity index (χ0n) is 21.3. The molecule has 1 heterocycles. The number of benzene rings is 3. The van der Waals surface area contributed by atoms with Crippen molar-refractivity contribution in [1.29, 1.82) is 0 Å². The SMILES string of the molecule is CS(=O)(=O)N[C@H]1CC[C@](Cc2cccc(-c3ccccc3OCc3ccccc3)c2)(c2nc(CCl)co2)C1. The Kier molecular flexibility index (Phi) is 7.88. The van der Waals surface area contributed by atoms with Gasteiger partial charge in [0.25, 0.3) is 0 Å². The second kappa shape index (κ2) is 11.3. The van der Waals surface area contributed by atoms with Crippen molar-refractivity contribution in [2.45, 2.75) is 49.6 Å². The fraction of sp³-hybridized carbons (Fsp3) is 0.300. The maximum absolute atomic E-state index is 11.9. The van der Waals surface area contributed by atoms with Crippen LogP contribution in [0.15, 0.2) is 89.5 Å². The molecular formula is C30H31ClN2O4S. The number of ether oxygens (including phenoxy) is 1. The molecule has 0 saturated heterocycles. The molecule has 6 nitrogen and oxygen atoms in total. The highest BCUT2D eigenvalue weighted by Crippen LogP contribution is 2.44. The molecule has 0 bridgehead atoms. The average molecular weight is 551 g/mol. The van der Waals surface area contributed by atoms with Gasteiger partial charge < -0.3 is 9.15 Å². The van der Waals surface area contributed by atoms with E-state index in [4.69, 9.17) is 20.8 Å². The van der Waals surface area contributed by atoms with Crippen LogP contribution in [0.3, 0.4) is 0 Å². The van der Waals surface area contributed by atoms with E-state index in [1.54, 1.807) is 6.26 Å². The lowest BCUT2D eigenvalue weighted by molar-refractivity contribution is 0.307. The smallest absolute Gasteiger partial charge is 0.208 e. The van der Waals surface area contributed by atoms with Gasteiger partial charge >= 0.3 is 0 Å². The summed E-state index contributed by atoms with van der Waals surface area (Å²) in [6, 6.07) is 26.4. The summed E-state index contributed by atoms with van der Waals surface area (Å²) >= 11 is 6.01. The number of oxazole rings is 1. The van der Waals surface area contributed by atoms with Crippen LogP contribution in [0.1, 0.15) is 42.0 Å². The molecule has 0 amide bonds. The first kappa shape index (κ1) is 26.5. The lowest BCUT2D eigenvalue weighted by Crippen LogP contribution is -2.35. The van der Waals surface area contributed by atoms with Crippen molar-refractivity contribution >= 4 is 21.6 Å². The Morgan fingerprint density at radius 1 is 1.05 bits per heavy atom. The van der Waals surface area contributed by atoms with E-state index < -0.39 is 15.4 Å². The summed E-state index contributed by atoms with van der Waals surface area (Å²) in [6.45, 7) is 0.489. The summed E-state index contributed by atoms with van der Waals surface area (Å²) in [7, 11) is -3.32. The number of alkyl halides is 1. The molecule has 198 valence electrons. The van der Waals surface area contributed by atoms with Gasteiger partial charge in [0.2, 0.25) is 15.9 Å². The second-order valence-corrected chi connectivity index (χ2v) is 12.1. The molecule has 0 unspecified atom stereocenters. The minimum Gasteiger partial charge on any atom is -0.488 e. The molecular weight excluding hydrogens is 520 g/mol. The standard InChI is InChI=1S/C30H31ClN2O4S/c1-38(34,35)33-25-14-15-30(18-25,29-32-26(19-31)21-37-29)17-23-10-7-11-24(16-23)27-12-5-6-13-28(27)36-20-22-8-3-2-4-9-22/h2-13,16,21,25,33H,14-15,17-20H2,1H3/t25-,30+/m0/s1. The highest BCUT2D eigenvalue weighted by Gasteiger charge is 2.45. The van der Waals surface area contributed by atoms with Crippen LogP contribution in [0.4, 0.5) is 0 Å². The van der Waals surface area contributed by atoms with E-state index in [-0.39, 0.29) is 11.9 Å². The first-order valence-corrected chi connectivity index (χ1v) is 15.1. The number of hydrogen-bond acceptors (Lipinski definition) is 5. The zero-order chi connectivity index (χ0) is 26.6. The van der Waals surface area contributed by atoms with E-state index in [0.29, 0.717) is 37.5 Å². The van der Waals surface area contributed by atoms with Gasteiger partial charge in [0.1, 0.15) is 18.6 Å². The fourth-order valence-electron chi connectivity index (χ4n) is 5.38. The number of nitrogens with one attached hydrogen (secondary N) is 1. The first-order valence-electron chi connectivity index (χ1n) is 12.7. The predicted octanol–water partition coefficient (Wildman–Crippen LogP) is 6.24. The zero-order valence-corrected chi connectivity index (χ0v) is 22.8. The Labute approximate surface area is 229 Å². The third-order valence-electron chi connectivity index (χ3n) is 7.04. The molecule has 1 aromatic heterocycles. The topological polar surface area (TPSA) is 81.4 Å². The summed E-state index contributed by atoms with van der Waals surface area (Å²) < 4.78 is 38.8. The van der Waals surface area contributed by atoms with Crippen LogP contribution in [0.5, 0.6) is 5.75 Å². The van der Waals surface area contributed by atoms with Crippen LogP contribution < -0.4 is 9.46 Å². The van der Waals surface area contributed by atoms with Gasteiger partial charge in [-0.3, -0.25) is 0 Å². The van der Waals surface area contributed by atoms with E-state index >= 15 is 0 Å². The molecule has 8 heteroatoms. The lowest BCUT2D eigenvalue weighted by Gasteiger charge is -2.26. The van der Waals surface area contributed by atoms with Crippen LogP contribution in [0, 0.1) is 0 Å². The lowest BCUT2D eigenvalue weighted by atomic mass is 9.79. The number of hydrogen-bond donors (Lipinski definition) is 1. The fourth-order valence-corrected chi connectivity index (χ4v) is 6.31. The molecule has 38 heavy (non-hydrogen) atoms. The van der Waals surface area contributed by atoms with E-state index in [2.05, 4.69) is 46.1 Å². The maximum Gasteiger partial charge on any atom is 0.208 e. The Balaban J connectivity index is 1.42. The highest BCUT2D eigenvalue weighted by atomic mass is 35.5. The molecule has 5 rings (SSSR count). The average Bonchev–Trinajstić information content (AvgIpc) is 3.56. The van der Waals surface area contributed by atoms with Gasteiger partial charge in [-0.1, -0.05) is 72.8 Å². The van der Waals surface area contributed by atoms with E-state index in [9.17, 15) is 8.42 Å². The van der Waals surface area contributed by atoms with Gasteiger partial charge in [-0.2, -0.15) is 0 Å². The number of para-hydroxylation sites is 1. The van der Waals surface area contributed by atoms with Gasteiger partial charge in [0.05, 0.1) is 23.2 Å². The molecule has 4 aromatic rings. The quantitative estimate of drug-likeness (QED) is 0.236. The van der Waals surface area contributed by atoms with Crippen molar-refractivity contribution in [3.63, 3.8) is 0 Å². The Morgan fingerprint density at radius 2 is 1.82 bits per heavy atom. The Hall–Kier alpha value is -3.13. The predicted molar refractivity (Wildman–Crippen MR) is 150 cm³/mol. The van der Waals surface area contributed by atoms with Crippen molar-refractivity contribution in [3.8, 4) is 16.9 Å². The Morgan fingerprint density at radius 3 is 2.58 bits per heavy atom. The minimum atomic E-state index is -3.32. The normalized spacial score (nSPS) is 19.5. The number of rotatable bonds is 10. The van der Waals surface area contributed by atoms with Crippen molar-refractivity contribution < 1.29 is 17.6 Å². The number of sulfonamides is 1. The van der Waals surface area contributed by atoms with Gasteiger partial charge in [-0.05, 0) is 48.4 Å². The maximum atomic E-state index is 11.9. The molecule has 1 saturated carbocycles. The van der Waals surface area contributed by atoms with Crippen LogP contribution in [-0.2, 0) is 34.3 Å². The number of nitrogens with zero attached hydrogens (tertiary/aromatic N) is 1. The Bertz CT molecular complexity index is 1490. The van der Waals surface area contributed by atoms with Crippen molar-refractivity contribution in [2.24, 2.45) is 0 Å². The largest absolute Gasteiger partial charge is 0.488 e. The van der Waals surface area contributed by atoms with E-state index in [0.717, 1.165) is 34.4 Å². The van der Waals surface area contributed by atoms with Crippen LogP contribution in [-0.4, -0.2) is 25.7 Å². The molecule has 1 aliphatic carbocycles. The van der Waals surface area contributed by atoms with E-state index in [1.165, 1.54) is 6.26 Å². The number of halogens is 1. The molecule has 2 atom stereocenters. The summed E-state index contributed by atoms with van der Waals surface area (Å²) in [5.74, 6) is 1.70. The van der Waals surface area contributed by atoms with Crippen LogP contribution in [0.2, 0.25) is 0 Å². The van der Waals surface area contributed by atoms with Gasteiger partial charge in [0, 0.05) is 11.6 Å². The summed E-state index contributed by atoms with van der Waals surface area (Å²) in [5.41, 5.74) is 4.54. The third-order valence-corrected chi connectivity index (χ3v) is 8.07. The highest BCUT2D eigenvalue weighted by molar-refractivity contribution is 7.88. The molecule has 0 aliphatic heterocycles. The molecule has 3 aromatic carbocycles.